The molecule has 9 heteroatoms. The number of fused-ring (bicyclic) bond motifs is 1. The summed E-state index contributed by atoms with van der Waals surface area (Å²) in [5.41, 5.74) is 9.10. The highest BCUT2D eigenvalue weighted by Gasteiger charge is 2.45. The van der Waals surface area contributed by atoms with Gasteiger partial charge in [-0.3, -0.25) is 9.48 Å². The molecule has 0 atom stereocenters. The molecule has 0 unspecified atom stereocenters. The Hall–Kier alpha value is -4.01. The van der Waals surface area contributed by atoms with E-state index >= 15 is 0 Å². The van der Waals surface area contributed by atoms with Crippen molar-refractivity contribution in [1.82, 2.24) is 24.7 Å². The third-order valence-electron chi connectivity index (χ3n) is 7.11. The zero-order valence-corrected chi connectivity index (χ0v) is 19.1. The minimum absolute atomic E-state index is 0.305. The van der Waals surface area contributed by atoms with Crippen molar-refractivity contribution in [3.05, 3.63) is 60.7 Å². The van der Waals surface area contributed by atoms with E-state index in [-0.39, 0.29) is 0 Å². The van der Waals surface area contributed by atoms with Crippen LogP contribution >= 0.6 is 0 Å². The first kappa shape index (κ1) is 20.6. The Balaban J connectivity index is 1.14. The molecule has 1 amide bonds. The molecule has 2 aliphatic rings. The van der Waals surface area contributed by atoms with E-state index < -0.39 is 5.91 Å². The van der Waals surface area contributed by atoms with Crippen LogP contribution in [0.3, 0.4) is 0 Å². The summed E-state index contributed by atoms with van der Waals surface area (Å²) in [7, 11) is 1.91. The summed E-state index contributed by atoms with van der Waals surface area (Å²) in [4.78, 5) is 30.1. The lowest BCUT2D eigenvalue weighted by Crippen LogP contribution is -2.60. The number of pyridine rings is 3. The van der Waals surface area contributed by atoms with E-state index in [2.05, 4.69) is 32.0 Å². The minimum Gasteiger partial charge on any atom is -0.366 e. The van der Waals surface area contributed by atoms with Crippen LogP contribution in [0.2, 0.25) is 0 Å². The van der Waals surface area contributed by atoms with E-state index in [1.54, 1.807) is 23.0 Å². The number of amides is 1. The normalized spacial score (nSPS) is 17.2. The first-order valence-electron chi connectivity index (χ1n) is 11.5. The Morgan fingerprint density at radius 1 is 1.00 bits per heavy atom. The fourth-order valence-electron chi connectivity index (χ4n) is 5.09. The Kier molecular flexibility index (Phi) is 4.72. The van der Waals surface area contributed by atoms with Crippen LogP contribution in [0.4, 0.5) is 11.6 Å². The van der Waals surface area contributed by atoms with Gasteiger partial charge in [-0.2, -0.15) is 5.10 Å². The molecule has 2 aliphatic heterocycles. The smallest absolute Gasteiger partial charge is 0.248 e. The van der Waals surface area contributed by atoms with Gasteiger partial charge in [0.05, 0.1) is 17.4 Å². The van der Waals surface area contributed by atoms with E-state index in [0.717, 1.165) is 72.8 Å². The van der Waals surface area contributed by atoms with E-state index in [9.17, 15) is 4.79 Å². The monoisotopic (exact) mass is 454 g/mol. The van der Waals surface area contributed by atoms with E-state index in [1.807, 2.05) is 31.7 Å². The first-order valence-corrected chi connectivity index (χ1v) is 11.5. The lowest BCUT2D eigenvalue weighted by atomic mass is 9.72. The maximum absolute atomic E-state index is 11.5. The van der Waals surface area contributed by atoms with Crippen molar-refractivity contribution < 1.29 is 4.79 Å². The molecule has 4 aromatic rings. The molecular weight excluding hydrogens is 428 g/mol. The van der Waals surface area contributed by atoms with Crippen molar-refractivity contribution in [1.29, 1.82) is 0 Å². The topological polar surface area (TPSA) is 106 Å². The Labute approximate surface area is 197 Å². The standard InChI is InChI=1S/C25H26N8O/c1-31-14-19(13-29-31)20-3-2-18-12-28-23(11-21(18)30-20)33-15-25(16-33)5-8-32(9-6-25)22-10-17(24(26)34)4-7-27-22/h2-4,7,10-14H,5-6,8-9,15-16H2,1H3,(H2,26,34). The fourth-order valence-corrected chi connectivity index (χ4v) is 5.09. The van der Waals surface area contributed by atoms with Gasteiger partial charge in [0.25, 0.3) is 0 Å². The number of nitrogens with zero attached hydrogens (tertiary/aromatic N) is 7. The quantitative estimate of drug-likeness (QED) is 0.505. The molecule has 9 nitrogen and oxygen atoms in total. The Bertz CT molecular complexity index is 1380. The van der Waals surface area contributed by atoms with Gasteiger partial charge in [0.2, 0.25) is 5.91 Å². The van der Waals surface area contributed by atoms with Crippen molar-refractivity contribution >= 4 is 28.4 Å². The third-order valence-corrected chi connectivity index (χ3v) is 7.11. The van der Waals surface area contributed by atoms with Crippen molar-refractivity contribution in [3.8, 4) is 11.3 Å². The second kappa shape index (κ2) is 7.79. The van der Waals surface area contributed by atoms with Gasteiger partial charge in [0.1, 0.15) is 11.6 Å². The van der Waals surface area contributed by atoms with E-state index in [0.29, 0.717) is 11.0 Å². The number of piperidine rings is 1. The first-order chi connectivity index (χ1) is 16.5. The van der Waals surface area contributed by atoms with Crippen molar-refractivity contribution in [2.24, 2.45) is 18.2 Å². The molecule has 4 aromatic heterocycles. The van der Waals surface area contributed by atoms with Gasteiger partial charge in [0.15, 0.2) is 0 Å². The number of carbonyl (C=O) groups is 1. The highest BCUT2D eigenvalue weighted by Crippen LogP contribution is 2.43. The molecule has 6 rings (SSSR count). The van der Waals surface area contributed by atoms with Crippen molar-refractivity contribution in [2.75, 3.05) is 36.0 Å². The molecule has 2 fully saturated rings. The number of primary amides is 1. The number of rotatable bonds is 4. The van der Waals surface area contributed by atoms with E-state index in [1.165, 1.54) is 0 Å². The van der Waals surface area contributed by atoms with Gasteiger partial charge in [-0.1, -0.05) is 0 Å². The third kappa shape index (κ3) is 3.63. The average molecular weight is 455 g/mol. The van der Waals surface area contributed by atoms with Gasteiger partial charge >= 0.3 is 0 Å². The molecule has 0 aliphatic carbocycles. The number of anilines is 2. The molecule has 2 saturated heterocycles. The summed E-state index contributed by atoms with van der Waals surface area (Å²) in [6.07, 6.45) is 9.55. The molecule has 172 valence electrons. The molecule has 1 spiro atoms. The highest BCUT2D eigenvalue weighted by molar-refractivity contribution is 5.93. The van der Waals surface area contributed by atoms with E-state index in [4.69, 9.17) is 15.7 Å². The zero-order chi connectivity index (χ0) is 23.3. The maximum Gasteiger partial charge on any atom is 0.248 e. The summed E-state index contributed by atoms with van der Waals surface area (Å²) in [6, 6.07) is 9.62. The molecule has 34 heavy (non-hydrogen) atoms. The second-order valence-corrected chi connectivity index (χ2v) is 9.44. The molecular formula is C25H26N8O. The van der Waals surface area contributed by atoms with Gasteiger partial charge in [0, 0.05) is 79.8 Å². The zero-order valence-electron chi connectivity index (χ0n) is 19.1. The van der Waals surface area contributed by atoms with Crippen LogP contribution < -0.4 is 15.5 Å². The van der Waals surface area contributed by atoms with Crippen LogP contribution in [-0.2, 0) is 7.05 Å². The van der Waals surface area contributed by atoms with Gasteiger partial charge in [-0.05, 0) is 37.1 Å². The summed E-state index contributed by atoms with van der Waals surface area (Å²) in [5, 5.41) is 5.29. The number of hydrogen-bond acceptors (Lipinski definition) is 7. The predicted octanol–water partition coefficient (Wildman–Crippen LogP) is 2.63. The van der Waals surface area contributed by atoms with Crippen LogP contribution in [0, 0.1) is 5.41 Å². The summed E-state index contributed by atoms with van der Waals surface area (Å²) >= 11 is 0. The van der Waals surface area contributed by atoms with Crippen LogP contribution in [0.15, 0.2) is 55.1 Å². The summed E-state index contributed by atoms with van der Waals surface area (Å²) < 4.78 is 1.79. The molecule has 0 saturated carbocycles. The van der Waals surface area contributed by atoms with Gasteiger partial charge in [-0.25, -0.2) is 15.0 Å². The van der Waals surface area contributed by atoms with Crippen LogP contribution in [0.25, 0.3) is 22.2 Å². The fraction of sp³-hybridized carbons (Fsp3) is 0.320. The van der Waals surface area contributed by atoms with Crippen LogP contribution in [0.1, 0.15) is 23.2 Å². The van der Waals surface area contributed by atoms with Gasteiger partial charge in [-0.15, -0.1) is 0 Å². The number of carbonyl (C=O) groups excluding carboxylic acids is 1. The molecule has 0 radical (unpaired) electrons. The SMILES string of the molecule is Cn1cc(-c2ccc3cnc(N4CC5(CCN(c6cc(C(N)=O)ccn6)CC5)C4)cc3n2)cn1. The maximum atomic E-state index is 11.5. The molecule has 6 heterocycles. The molecule has 2 N–H and O–H groups in total. The molecule has 0 bridgehead atoms. The van der Waals surface area contributed by atoms with Crippen LogP contribution in [-0.4, -0.2) is 56.8 Å². The minimum atomic E-state index is -0.420. The average Bonchev–Trinajstić information content (AvgIpc) is 3.28. The summed E-state index contributed by atoms with van der Waals surface area (Å²) in [5.74, 6) is 1.39. The number of aromatic nitrogens is 5. The van der Waals surface area contributed by atoms with Gasteiger partial charge < -0.3 is 15.5 Å². The lowest BCUT2D eigenvalue weighted by Gasteiger charge is -2.54. The predicted molar refractivity (Wildman–Crippen MR) is 131 cm³/mol. The van der Waals surface area contributed by atoms with Crippen molar-refractivity contribution in [3.63, 3.8) is 0 Å². The summed E-state index contributed by atoms with van der Waals surface area (Å²) in [6.45, 7) is 3.83. The molecule has 0 aromatic carbocycles. The largest absolute Gasteiger partial charge is 0.366 e. The Morgan fingerprint density at radius 3 is 2.53 bits per heavy atom. The second-order valence-electron chi connectivity index (χ2n) is 9.44. The van der Waals surface area contributed by atoms with Crippen molar-refractivity contribution in [2.45, 2.75) is 12.8 Å². The highest BCUT2D eigenvalue weighted by atomic mass is 16.1. The lowest BCUT2D eigenvalue weighted by molar-refractivity contribution is 0.1000. The number of aryl methyl sites for hydroxylation is 1. The number of nitrogens with two attached hydrogens (primary N) is 1. The van der Waals surface area contributed by atoms with Crippen LogP contribution in [0.5, 0.6) is 0 Å². The Morgan fingerprint density at radius 2 is 1.79 bits per heavy atom. The number of hydrogen-bond donors (Lipinski definition) is 1.